The molecule has 0 aliphatic heterocycles. The number of nitrogens with zero attached hydrogens (tertiary/aromatic N) is 4. The van der Waals surface area contributed by atoms with Crippen LogP contribution >= 0.6 is 22.9 Å². The maximum atomic E-state index is 11.2. The van der Waals surface area contributed by atoms with Crippen molar-refractivity contribution in [1.29, 1.82) is 0 Å². The van der Waals surface area contributed by atoms with Crippen LogP contribution in [0.15, 0.2) is 18.3 Å². The summed E-state index contributed by atoms with van der Waals surface area (Å²) in [7, 11) is 0. The second-order valence-electron chi connectivity index (χ2n) is 4.28. The van der Waals surface area contributed by atoms with Crippen molar-refractivity contribution in [2.45, 2.75) is 20.4 Å². The summed E-state index contributed by atoms with van der Waals surface area (Å²) >= 11 is 7.16. The van der Waals surface area contributed by atoms with Gasteiger partial charge in [-0.05, 0) is 13.8 Å². The third-order valence-corrected chi connectivity index (χ3v) is 3.97. The molecule has 0 fully saturated rings. The number of halogens is 1. The van der Waals surface area contributed by atoms with E-state index in [-0.39, 0.29) is 11.5 Å². The predicted octanol–water partition coefficient (Wildman–Crippen LogP) is 3.52. The van der Waals surface area contributed by atoms with Crippen LogP contribution in [0.2, 0.25) is 4.47 Å². The number of aromatic nitrogens is 2. The van der Waals surface area contributed by atoms with Crippen LogP contribution in [0.25, 0.3) is 0 Å². The Morgan fingerprint density at radius 2 is 2.23 bits per heavy atom. The topological polar surface area (TPSA) is 81.4 Å². The molecule has 0 bridgehead atoms. The van der Waals surface area contributed by atoms with E-state index in [1.54, 1.807) is 11.1 Å². The van der Waals surface area contributed by atoms with Gasteiger partial charge in [0.05, 0.1) is 18.1 Å². The van der Waals surface area contributed by atoms with Crippen LogP contribution in [0.5, 0.6) is 5.88 Å². The summed E-state index contributed by atoms with van der Waals surface area (Å²) in [6, 6.07) is 2.91. The third kappa shape index (κ3) is 3.83. The average molecular weight is 343 g/mol. The molecule has 0 radical (unpaired) electrons. The quantitative estimate of drug-likeness (QED) is 0.565. The molecule has 0 N–H and O–H groups in total. The van der Waals surface area contributed by atoms with E-state index in [1.165, 1.54) is 23.5 Å². The number of pyridine rings is 1. The molecule has 0 atom stereocenters. The monoisotopic (exact) mass is 342 g/mol. The average Bonchev–Trinajstić information content (AvgIpc) is 2.90. The number of ether oxygens (including phenoxy) is 1. The van der Waals surface area contributed by atoms with E-state index >= 15 is 0 Å². The first-order valence-corrected chi connectivity index (χ1v) is 7.88. The Labute approximate surface area is 136 Å². The summed E-state index contributed by atoms with van der Waals surface area (Å²) < 4.78 is 5.78. The summed E-state index contributed by atoms with van der Waals surface area (Å²) in [5.41, 5.74) is -0.0547. The van der Waals surface area contributed by atoms with Gasteiger partial charge in [0.15, 0.2) is 4.47 Å². The fourth-order valence-electron chi connectivity index (χ4n) is 1.91. The molecule has 0 spiro atoms. The van der Waals surface area contributed by atoms with E-state index in [1.807, 2.05) is 13.8 Å². The molecule has 9 heteroatoms. The van der Waals surface area contributed by atoms with Crippen LogP contribution in [-0.4, -0.2) is 28.0 Å². The number of hydrogen-bond acceptors (Lipinski definition) is 7. The van der Waals surface area contributed by atoms with Crippen molar-refractivity contribution >= 4 is 34.4 Å². The fraction of sp³-hybridized carbons (Fsp3) is 0.385. The van der Waals surface area contributed by atoms with E-state index in [9.17, 15) is 10.1 Å². The molecular formula is C13H15ClN4O3S. The molecule has 22 heavy (non-hydrogen) atoms. The van der Waals surface area contributed by atoms with Crippen molar-refractivity contribution < 1.29 is 9.66 Å². The summed E-state index contributed by atoms with van der Waals surface area (Å²) in [4.78, 5) is 21.7. The maximum absolute atomic E-state index is 11.2. The Bertz CT molecular complexity index is 664. The van der Waals surface area contributed by atoms with Gasteiger partial charge in [0.25, 0.3) is 0 Å². The molecule has 0 aromatic carbocycles. The van der Waals surface area contributed by atoms with Crippen LogP contribution in [0.1, 0.15) is 18.7 Å². The van der Waals surface area contributed by atoms with Gasteiger partial charge >= 0.3 is 5.69 Å². The zero-order valence-corrected chi connectivity index (χ0v) is 13.7. The van der Waals surface area contributed by atoms with E-state index in [0.717, 1.165) is 4.88 Å². The van der Waals surface area contributed by atoms with Crippen molar-refractivity contribution in [2.24, 2.45) is 0 Å². The summed E-state index contributed by atoms with van der Waals surface area (Å²) in [5.74, 6) is 0.645. The van der Waals surface area contributed by atoms with Gasteiger partial charge in [0.1, 0.15) is 0 Å². The molecule has 0 aliphatic rings. The fourth-order valence-corrected chi connectivity index (χ4v) is 2.90. The highest BCUT2D eigenvalue weighted by atomic mass is 35.5. The zero-order chi connectivity index (χ0) is 16.1. The largest absolute Gasteiger partial charge is 0.478 e. The molecule has 118 valence electrons. The van der Waals surface area contributed by atoms with Crippen LogP contribution in [0, 0.1) is 10.1 Å². The minimum Gasteiger partial charge on any atom is -0.478 e. The van der Waals surface area contributed by atoms with E-state index in [0.29, 0.717) is 30.0 Å². The number of rotatable bonds is 7. The molecule has 2 aromatic heterocycles. The second-order valence-corrected chi connectivity index (χ2v) is 5.97. The molecular weight excluding hydrogens is 328 g/mol. The minimum atomic E-state index is -0.444. The lowest BCUT2D eigenvalue weighted by Crippen LogP contribution is -2.23. The number of hydrogen-bond donors (Lipinski definition) is 0. The summed E-state index contributed by atoms with van der Waals surface area (Å²) in [6.45, 7) is 5.19. The Morgan fingerprint density at radius 3 is 2.77 bits per heavy atom. The van der Waals surface area contributed by atoms with Crippen LogP contribution in [0.3, 0.4) is 0 Å². The van der Waals surface area contributed by atoms with Crippen molar-refractivity contribution in [3.05, 3.63) is 37.8 Å². The Kier molecular flexibility index (Phi) is 5.51. The lowest BCUT2D eigenvalue weighted by Gasteiger charge is -2.21. The highest BCUT2D eigenvalue weighted by molar-refractivity contribution is 7.15. The smallest absolute Gasteiger partial charge is 0.311 e. The van der Waals surface area contributed by atoms with Gasteiger partial charge < -0.3 is 9.64 Å². The number of nitro groups is 1. The lowest BCUT2D eigenvalue weighted by molar-refractivity contribution is -0.384. The Balaban J connectivity index is 2.36. The molecule has 0 saturated heterocycles. The Morgan fingerprint density at radius 1 is 1.45 bits per heavy atom. The highest BCUT2D eigenvalue weighted by Crippen LogP contribution is 2.30. The van der Waals surface area contributed by atoms with E-state index in [2.05, 4.69) is 9.97 Å². The second kappa shape index (κ2) is 7.37. The first kappa shape index (κ1) is 16.4. The van der Waals surface area contributed by atoms with Crippen molar-refractivity contribution in [3.8, 4) is 5.88 Å². The van der Waals surface area contributed by atoms with Gasteiger partial charge in [0.2, 0.25) is 11.7 Å². The van der Waals surface area contributed by atoms with Crippen molar-refractivity contribution in [3.63, 3.8) is 0 Å². The number of thiazole rings is 1. The molecule has 2 aromatic rings. The molecule has 0 amide bonds. The SMILES string of the molecule is CCOc1ccc([N+](=O)[O-])c(N(CC)Cc2cnc(Cl)s2)n1. The van der Waals surface area contributed by atoms with Crippen LogP contribution in [0.4, 0.5) is 11.5 Å². The highest BCUT2D eigenvalue weighted by Gasteiger charge is 2.22. The first-order valence-electron chi connectivity index (χ1n) is 6.68. The van der Waals surface area contributed by atoms with Gasteiger partial charge in [-0.15, -0.1) is 11.3 Å². The van der Waals surface area contributed by atoms with E-state index in [4.69, 9.17) is 16.3 Å². The minimum absolute atomic E-state index is 0.0547. The molecule has 0 unspecified atom stereocenters. The molecule has 7 nitrogen and oxygen atoms in total. The molecule has 0 saturated carbocycles. The predicted molar refractivity (Wildman–Crippen MR) is 85.9 cm³/mol. The third-order valence-electron chi connectivity index (χ3n) is 2.87. The van der Waals surface area contributed by atoms with Gasteiger partial charge in [0, 0.05) is 29.8 Å². The normalized spacial score (nSPS) is 10.5. The van der Waals surface area contributed by atoms with Gasteiger partial charge in [-0.2, -0.15) is 4.98 Å². The standard InChI is InChI=1S/C13H15ClN4O3S/c1-3-17(8-9-7-15-13(14)22-9)12-10(18(19)20)5-6-11(16-12)21-4-2/h5-7H,3-4,8H2,1-2H3. The van der Waals surface area contributed by atoms with Crippen LogP contribution < -0.4 is 9.64 Å². The van der Waals surface area contributed by atoms with Crippen molar-refractivity contribution in [2.75, 3.05) is 18.1 Å². The maximum Gasteiger partial charge on any atom is 0.311 e. The number of anilines is 1. The summed E-state index contributed by atoms with van der Waals surface area (Å²) in [6.07, 6.45) is 1.66. The van der Waals surface area contributed by atoms with Crippen molar-refractivity contribution in [1.82, 2.24) is 9.97 Å². The summed E-state index contributed by atoms with van der Waals surface area (Å²) in [5, 5.41) is 11.2. The molecule has 0 aliphatic carbocycles. The van der Waals surface area contributed by atoms with Gasteiger partial charge in [-0.25, -0.2) is 4.98 Å². The Hall–Kier alpha value is -1.93. The molecule has 2 rings (SSSR count). The zero-order valence-electron chi connectivity index (χ0n) is 12.2. The molecule has 2 heterocycles. The first-order chi connectivity index (χ1) is 10.5. The van der Waals surface area contributed by atoms with Gasteiger partial charge in [-0.3, -0.25) is 10.1 Å². The van der Waals surface area contributed by atoms with Gasteiger partial charge in [-0.1, -0.05) is 11.6 Å². The van der Waals surface area contributed by atoms with Crippen LogP contribution in [-0.2, 0) is 6.54 Å². The van der Waals surface area contributed by atoms with E-state index < -0.39 is 4.92 Å². The lowest BCUT2D eigenvalue weighted by atomic mass is 10.3.